The van der Waals surface area contributed by atoms with Crippen molar-refractivity contribution in [3.05, 3.63) is 0 Å². The Morgan fingerprint density at radius 2 is 2.12 bits per heavy atom. The quantitative estimate of drug-likeness (QED) is 0.238. The van der Waals surface area contributed by atoms with Crippen LogP contribution >= 0.6 is 0 Å². The standard InChI is InChI=1S/C11H25N5/c1-3-4-6-13-11(14-12)16-8-5-7-15(2)9-10-16/h3-10,12H2,1-2H3,(H,13,14). The Morgan fingerprint density at radius 3 is 2.81 bits per heavy atom. The summed E-state index contributed by atoms with van der Waals surface area (Å²) in [6, 6.07) is 0. The van der Waals surface area contributed by atoms with Crippen LogP contribution in [0, 0.1) is 0 Å². The zero-order valence-electron chi connectivity index (χ0n) is 10.6. The predicted molar refractivity (Wildman–Crippen MR) is 68.2 cm³/mol. The third-order valence-corrected chi connectivity index (χ3v) is 2.92. The minimum absolute atomic E-state index is 0.851. The van der Waals surface area contributed by atoms with E-state index in [9.17, 15) is 0 Å². The second-order valence-electron chi connectivity index (χ2n) is 4.35. The molecule has 0 saturated carbocycles. The summed E-state index contributed by atoms with van der Waals surface area (Å²) in [6.45, 7) is 7.32. The highest BCUT2D eigenvalue weighted by Gasteiger charge is 2.14. The molecule has 0 radical (unpaired) electrons. The maximum atomic E-state index is 5.54. The van der Waals surface area contributed by atoms with Crippen molar-refractivity contribution in [1.82, 2.24) is 15.2 Å². The molecule has 1 fully saturated rings. The second kappa shape index (κ2) is 7.46. The van der Waals surface area contributed by atoms with Crippen LogP contribution in [0.3, 0.4) is 0 Å². The van der Waals surface area contributed by atoms with Gasteiger partial charge in [-0.15, -0.1) is 0 Å². The van der Waals surface area contributed by atoms with Crippen LogP contribution < -0.4 is 11.3 Å². The number of likely N-dealkylation sites (N-methyl/N-ethyl adjacent to an activating group) is 1. The van der Waals surface area contributed by atoms with E-state index in [0.29, 0.717) is 0 Å². The molecule has 1 saturated heterocycles. The van der Waals surface area contributed by atoms with Gasteiger partial charge in [0.1, 0.15) is 0 Å². The summed E-state index contributed by atoms with van der Waals surface area (Å²) in [4.78, 5) is 9.11. The Morgan fingerprint density at radius 1 is 1.31 bits per heavy atom. The average Bonchev–Trinajstić information content (AvgIpc) is 2.50. The molecule has 5 heteroatoms. The average molecular weight is 227 g/mol. The van der Waals surface area contributed by atoms with E-state index in [4.69, 9.17) is 5.84 Å². The number of nitrogens with zero attached hydrogens (tertiary/aromatic N) is 3. The Hall–Kier alpha value is -0.810. The van der Waals surface area contributed by atoms with Gasteiger partial charge in [0.15, 0.2) is 0 Å². The van der Waals surface area contributed by atoms with Crippen molar-refractivity contribution in [1.29, 1.82) is 0 Å². The largest absolute Gasteiger partial charge is 0.341 e. The molecule has 5 nitrogen and oxygen atoms in total. The monoisotopic (exact) mass is 227 g/mol. The second-order valence-corrected chi connectivity index (χ2v) is 4.35. The number of unbranched alkanes of at least 4 members (excludes halogenated alkanes) is 1. The number of nitrogens with one attached hydrogen (secondary N) is 1. The lowest BCUT2D eigenvalue weighted by Crippen LogP contribution is -2.46. The molecular weight excluding hydrogens is 202 g/mol. The molecule has 1 aliphatic heterocycles. The van der Waals surface area contributed by atoms with E-state index in [-0.39, 0.29) is 0 Å². The number of hydrogen-bond donors (Lipinski definition) is 2. The molecule has 3 N–H and O–H groups in total. The first-order valence-electron chi connectivity index (χ1n) is 6.22. The van der Waals surface area contributed by atoms with Crippen LogP contribution in [0.1, 0.15) is 26.2 Å². The van der Waals surface area contributed by atoms with Gasteiger partial charge in [0.25, 0.3) is 0 Å². The van der Waals surface area contributed by atoms with Crippen LogP contribution in [0.2, 0.25) is 0 Å². The Labute approximate surface area is 98.7 Å². The first-order valence-corrected chi connectivity index (χ1v) is 6.22. The summed E-state index contributed by atoms with van der Waals surface area (Å²) in [7, 11) is 2.16. The SMILES string of the molecule is CCCCN=C(NN)N1CCCN(C)CC1. The van der Waals surface area contributed by atoms with Crippen LogP contribution in [0.25, 0.3) is 0 Å². The van der Waals surface area contributed by atoms with Crippen molar-refractivity contribution >= 4 is 5.96 Å². The highest BCUT2D eigenvalue weighted by Crippen LogP contribution is 2.01. The van der Waals surface area contributed by atoms with Gasteiger partial charge >= 0.3 is 0 Å². The Bertz CT molecular complexity index is 216. The molecule has 0 aromatic rings. The summed E-state index contributed by atoms with van der Waals surface area (Å²) in [5.41, 5.74) is 2.73. The molecule has 1 aliphatic rings. The van der Waals surface area contributed by atoms with Crippen LogP contribution in [0.5, 0.6) is 0 Å². The first-order chi connectivity index (χ1) is 7.77. The Balaban J connectivity index is 2.47. The molecule has 1 heterocycles. The van der Waals surface area contributed by atoms with E-state index in [0.717, 1.165) is 45.1 Å². The van der Waals surface area contributed by atoms with Gasteiger partial charge < -0.3 is 9.80 Å². The zero-order chi connectivity index (χ0) is 11.8. The number of hydrogen-bond acceptors (Lipinski definition) is 3. The summed E-state index contributed by atoms with van der Waals surface area (Å²) in [6.07, 6.45) is 3.47. The smallest absolute Gasteiger partial charge is 0.208 e. The van der Waals surface area contributed by atoms with E-state index in [1.807, 2.05) is 0 Å². The third kappa shape index (κ3) is 4.37. The van der Waals surface area contributed by atoms with E-state index in [2.05, 4.69) is 34.2 Å². The van der Waals surface area contributed by atoms with E-state index >= 15 is 0 Å². The van der Waals surface area contributed by atoms with Gasteiger partial charge in [-0.3, -0.25) is 10.4 Å². The maximum absolute atomic E-state index is 5.54. The van der Waals surface area contributed by atoms with Crippen LogP contribution in [-0.2, 0) is 0 Å². The lowest BCUT2D eigenvalue weighted by molar-refractivity contribution is 0.344. The minimum atomic E-state index is 0.851. The summed E-state index contributed by atoms with van der Waals surface area (Å²) >= 11 is 0. The Kier molecular flexibility index (Phi) is 6.18. The zero-order valence-corrected chi connectivity index (χ0v) is 10.6. The van der Waals surface area contributed by atoms with E-state index in [1.165, 1.54) is 12.8 Å². The highest BCUT2D eigenvalue weighted by molar-refractivity contribution is 5.79. The maximum Gasteiger partial charge on any atom is 0.208 e. The molecule has 0 amide bonds. The van der Waals surface area contributed by atoms with E-state index in [1.54, 1.807) is 0 Å². The summed E-state index contributed by atoms with van der Waals surface area (Å²) in [5, 5.41) is 0. The van der Waals surface area contributed by atoms with Gasteiger partial charge in [0.2, 0.25) is 5.96 Å². The predicted octanol–water partition coefficient (Wildman–Crippen LogP) is 0.243. The fourth-order valence-electron chi connectivity index (χ4n) is 1.84. The molecule has 0 atom stereocenters. The van der Waals surface area contributed by atoms with Crippen LogP contribution in [-0.4, -0.2) is 55.5 Å². The van der Waals surface area contributed by atoms with Gasteiger partial charge in [-0.05, 0) is 26.4 Å². The molecule has 0 aliphatic carbocycles. The van der Waals surface area contributed by atoms with Crippen molar-refractivity contribution in [2.75, 3.05) is 39.8 Å². The topological polar surface area (TPSA) is 56.9 Å². The molecule has 0 bridgehead atoms. The number of rotatable bonds is 3. The van der Waals surface area contributed by atoms with Gasteiger partial charge in [-0.25, -0.2) is 5.84 Å². The molecular formula is C11H25N5. The third-order valence-electron chi connectivity index (χ3n) is 2.92. The molecule has 0 aromatic carbocycles. The summed E-state index contributed by atoms with van der Waals surface area (Å²) in [5.74, 6) is 6.39. The molecule has 0 unspecified atom stereocenters. The fraction of sp³-hybridized carbons (Fsp3) is 0.909. The number of hydrazine groups is 1. The first kappa shape index (κ1) is 13.3. The normalized spacial score (nSPS) is 19.7. The molecule has 0 aromatic heterocycles. The number of nitrogens with two attached hydrogens (primary N) is 1. The van der Waals surface area contributed by atoms with Crippen LogP contribution in [0.15, 0.2) is 4.99 Å². The molecule has 16 heavy (non-hydrogen) atoms. The summed E-state index contributed by atoms with van der Waals surface area (Å²) < 4.78 is 0. The van der Waals surface area contributed by atoms with Crippen molar-refractivity contribution in [3.63, 3.8) is 0 Å². The van der Waals surface area contributed by atoms with Crippen LogP contribution in [0.4, 0.5) is 0 Å². The fourth-order valence-corrected chi connectivity index (χ4v) is 1.84. The lowest BCUT2D eigenvalue weighted by Gasteiger charge is -2.23. The lowest BCUT2D eigenvalue weighted by atomic mass is 10.3. The van der Waals surface area contributed by atoms with Crippen molar-refractivity contribution in [2.45, 2.75) is 26.2 Å². The highest BCUT2D eigenvalue weighted by atomic mass is 15.4. The van der Waals surface area contributed by atoms with Gasteiger partial charge in [-0.2, -0.15) is 0 Å². The van der Waals surface area contributed by atoms with Crippen molar-refractivity contribution in [2.24, 2.45) is 10.8 Å². The molecule has 1 rings (SSSR count). The number of aliphatic imine (C=N–C) groups is 1. The van der Waals surface area contributed by atoms with Gasteiger partial charge in [0.05, 0.1) is 0 Å². The van der Waals surface area contributed by atoms with Crippen molar-refractivity contribution < 1.29 is 0 Å². The molecule has 94 valence electrons. The minimum Gasteiger partial charge on any atom is -0.341 e. The molecule has 0 spiro atoms. The van der Waals surface area contributed by atoms with Gasteiger partial charge in [-0.1, -0.05) is 13.3 Å². The van der Waals surface area contributed by atoms with Gasteiger partial charge in [0, 0.05) is 26.2 Å². The van der Waals surface area contributed by atoms with E-state index < -0.39 is 0 Å². The van der Waals surface area contributed by atoms with Crippen molar-refractivity contribution in [3.8, 4) is 0 Å². The number of guanidine groups is 1.